The topological polar surface area (TPSA) is 62.9 Å². The third kappa shape index (κ3) is 7.92. The average molecular weight is 460 g/mol. The van der Waals surface area contributed by atoms with Crippen molar-refractivity contribution in [3.05, 3.63) is 34.4 Å². The van der Waals surface area contributed by atoms with Gasteiger partial charge in [0.25, 0.3) is 0 Å². The van der Waals surface area contributed by atoms with E-state index in [4.69, 9.17) is 10.5 Å². The summed E-state index contributed by atoms with van der Waals surface area (Å²) in [6, 6.07) is 4.48. The zero-order chi connectivity index (χ0) is 17.4. The van der Waals surface area contributed by atoms with Gasteiger partial charge < -0.3 is 15.8 Å². The number of nitrogens with one attached hydrogen (secondary N) is 1. The van der Waals surface area contributed by atoms with Crippen molar-refractivity contribution in [3.8, 4) is 0 Å². The highest BCUT2D eigenvalue weighted by molar-refractivity contribution is 14.0. The normalized spacial score (nSPS) is 15.7. The Morgan fingerprint density at radius 1 is 1.20 bits per heavy atom. The van der Waals surface area contributed by atoms with Crippen molar-refractivity contribution in [1.82, 2.24) is 10.2 Å². The summed E-state index contributed by atoms with van der Waals surface area (Å²) >= 11 is 0. The zero-order valence-electron chi connectivity index (χ0n) is 15.8. The molecule has 1 aliphatic rings. The van der Waals surface area contributed by atoms with Crippen LogP contribution in [0.5, 0.6) is 0 Å². The molecule has 0 atom stereocenters. The third-order valence-electron chi connectivity index (χ3n) is 4.54. The smallest absolute Gasteiger partial charge is 0.188 e. The van der Waals surface area contributed by atoms with Gasteiger partial charge in [-0.1, -0.05) is 17.7 Å². The van der Waals surface area contributed by atoms with Crippen LogP contribution < -0.4 is 11.1 Å². The van der Waals surface area contributed by atoms with Gasteiger partial charge in [0.15, 0.2) is 5.96 Å². The molecule has 0 aliphatic carbocycles. The van der Waals surface area contributed by atoms with E-state index in [1.807, 2.05) is 0 Å². The van der Waals surface area contributed by atoms with E-state index in [0.717, 1.165) is 58.8 Å². The van der Waals surface area contributed by atoms with Crippen molar-refractivity contribution in [2.75, 3.05) is 45.9 Å². The monoisotopic (exact) mass is 460 g/mol. The van der Waals surface area contributed by atoms with E-state index in [1.54, 1.807) is 0 Å². The summed E-state index contributed by atoms with van der Waals surface area (Å²) in [4.78, 5) is 6.85. The quantitative estimate of drug-likeness (QED) is 0.284. The molecule has 1 fully saturated rings. The minimum atomic E-state index is 0. The average Bonchev–Trinajstić information content (AvgIpc) is 2.55. The molecule has 5 nitrogen and oxygen atoms in total. The number of guanidine groups is 1. The van der Waals surface area contributed by atoms with Gasteiger partial charge in [-0.2, -0.15) is 0 Å². The van der Waals surface area contributed by atoms with Crippen molar-refractivity contribution in [2.24, 2.45) is 10.7 Å². The summed E-state index contributed by atoms with van der Waals surface area (Å²) < 4.78 is 5.35. The highest BCUT2D eigenvalue weighted by Crippen LogP contribution is 2.16. The highest BCUT2D eigenvalue weighted by Gasteiger charge is 2.09. The standard InChI is InChI=1S/C19H32N4O.HI/c1-15-13-16(2)18(17(3)14-15)5-7-22-19(20)21-6-4-8-23-9-11-24-12-10-23;/h13-14H,4-12H2,1-3H3,(H3,20,21,22);1H. The molecule has 1 aromatic carbocycles. The van der Waals surface area contributed by atoms with Crippen LogP contribution in [-0.2, 0) is 11.2 Å². The summed E-state index contributed by atoms with van der Waals surface area (Å²) in [5, 5.41) is 3.23. The Hall–Kier alpha value is -0.860. The number of nitrogens with two attached hydrogens (primary N) is 1. The number of rotatable bonds is 7. The first-order valence-corrected chi connectivity index (χ1v) is 8.97. The predicted molar refractivity (Wildman–Crippen MR) is 116 cm³/mol. The van der Waals surface area contributed by atoms with Gasteiger partial charge in [0.1, 0.15) is 0 Å². The van der Waals surface area contributed by atoms with E-state index >= 15 is 0 Å². The fraction of sp³-hybridized carbons (Fsp3) is 0.632. The number of hydrogen-bond donors (Lipinski definition) is 2. The maximum absolute atomic E-state index is 5.96. The molecule has 0 radical (unpaired) electrons. The van der Waals surface area contributed by atoms with E-state index in [1.165, 1.54) is 22.3 Å². The van der Waals surface area contributed by atoms with Gasteiger partial charge in [-0.15, -0.1) is 24.0 Å². The Morgan fingerprint density at radius 3 is 2.48 bits per heavy atom. The molecule has 0 saturated carbocycles. The van der Waals surface area contributed by atoms with E-state index in [-0.39, 0.29) is 24.0 Å². The molecule has 2 rings (SSSR count). The van der Waals surface area contributed by atoms with E-state index < -0.39 is 0 Å². The Labute approximate surface area is 169 Å². The lowest BCUT2D eigenvalue weighted by Crippen LogP contribution is -2.37. The number of halogens is 1. The molecule has 3 N–H and O–H groups in total. The van der Waals surface area contributed by atoms with Gasteiger partial charge in [-0.25, -0.2) is 0 Å². The van der Waals surface area contributed by atoms with Crippen molar-refractivity contribution >= 4 is 29.9 Å². The minimum absolute atomic E-state index is 0. The summed E-state index contributed by atoms with van der Waals surface area (Å²) in [5.74, 6) is 0.555. The Bertz CT molecular complexity index is 533. The molecule has 0 aromatic heterocycles. The lowest BCUT2D eigenvalue weighted by Gasteiger charge is -2.26. The molecule has 1 saturated heterocycles. The number of hydrogen-bond acceptors (Lipinski definition) is 3. The second kappa shape index (κ2) is 11.7. The lowest BCUT2D eigenvalue weighted by atomic mass is 9.97. The molecule has 0 bridgehead atoms. The number of nitrogens with zero attached hydrogens (tertiary/aromatic N) is 2. The summed E-state index contributed by atoms with van der Waals surface area (Å²) in [5.41, 5.74) is 11.4. The third-order valence-corrected chi connectivity index (χ3v) is 4.54. The molecule has 142 valence electrons. The fourth-order valence-corrected chi connectivity index (χ4v) is 3.29. The van der Waals surface area contributed by atoms with Crippen LogP contribution in [0.3, 0.4) is 0 Å². The van der Waals surface area contributed by atoms with Crippen molar-refractivity contribution in [3.63, 3.8) is 0 Å². The van der Waals surface area contributed by atoms with Crippen LogP contribution in [0.1, 0.15) is 28.7 Å². The fourth-order valence-electron chi connectivity index (χ4n) is 3.29. The second-order valence-electron chi connectivity index (χ2n) is 6.63. The minimum Gasteiger partial charge on any atom is -0.379 e. The van der Waals surface area contributed by atoms with Crippen LogP contribution in [-0.4, -0.2) is 56.8 Å². The SMILES string of the molecule is Cc1cc(C)c(CCNC(N)=NCCCN2CCOCC2)c(C)c1.I. The first-order valence-electron chi connectivity index (χ1n) is 8.97. The van der Waals surface area contributed by atoms with Gasteiger partial charge in [0, 0.05) is 32.7 Å². The molecule has 0 unspecified atom stereocenters. The van der Waals surface area contributed by atoms with E-state index in [0.29, 0.717) is 5.96 Å². The Kier molecular flexibility index (Phi) is 10.4. The molecular weight excluding hydrogens is 427 g/mol. The Morgan fingerprint density at radius 2 is 1.84 bits per heavy atom. The summed E-state index contributed by atoms with van der Waals surface area (Å²) in [7, 11) is 0. The van der Waals surface area contributed by atoms with Crippen molar-refractivity contribution < 1.29 is 4.74 Å². The van der Waals surface area contributed by atoms with E-state index in [2.05, 4.69) is 48.1 Å². The predicted octanol–water partition coefficient (Wildman–Crippen LogP) is 2.40. The van der Waals surface area contributed by atoms with Crippen LogP contribution in [0.4, 0.5) is 0 Å². The molecule has 1 aromatic rings. The molecule has 0 amide bonds. The second-order valence-corrected chi connectivity index (χ2v) is 6.63. The maximum atomic E-state index is 5.96. The van der Waals surface area contributed by atoms with Crippen LogP contribution in [0.2, 0.25) is 0 Å². The number of morpholine rings is 1. The van der Waals surface area contributed by atoms with Crippen molar-refractivity contribution in [2.45, 2.75) is 33.6 Å². The van der Waals surface area contributed by atoms with Crippen LogP contribution in [0.25, 0.3) is 0 Å². The van der Waals surface area contributed by atoms with Gasteiger partial charge in [0.2, 0.25) is 0 Å². The largest absolute Gasteiger partial charge is 0.379 e. The summed E-state index contributed by atoms with van der Waals surface area (Å²) in [6.45, 7) is 12.9. The zero-order valence-corrected chi connectivity index (χ0v) is 18.1. The van der Waals surface area contributed by atoms with Gasteiger partial charge in [0.05, 0.1) is 13.2 Å². The summed E-state index contributed by atoms with van der Waals surface area (Å²) in [6.07, 6.45) is 2.01. The van der Waals surface area contributed by atoms with Gasteiger partial charge in [-0.05, 0) is 50.3 Å². The first kappa shape index (κ1) is 22.2. The molecular formula is C19H33IN4O. The van der Waals surface area contributed by atoms with Crippen LogP contribution >= 0.6 is 24.0 Å². The van der Waals surface area contributed by atoms with Gasteiger partial charge in [-0.3, -0.25) is 9.89 Å². The lowest BCUT2D eigenvalue weighted by molar-refractivity contribution is 0.0377. The highest BCUT2D eigenvalue weighted by atomic mass is 127. The molecule has 25 heavy (non-hydrogen) atoms. The number of ether oxygens (including phenoxy) is 1. The molecule has 1 heterocycles. The number of aliphatic imine (C=N–C) groups is 1. The van der Waals surface area contributed by atoms with Crippen LogP contribution in [0.15, 0.2) is 17.1 Å². The van der Waals surface area contributed by atoms with Gasteiger partial charge >= 0.3 is 0 Å². The number of benzene rings is 1. The molecule has 6 heteroatoms. The first-order chi connectivity index (χ1) is 11.6. The molecule has 0 spiro atoms. The van der Waals surface area contributed by atoms with Crippen molar-refractivity contribution in [1.29, 1.82) is 0 Å². The molecule has 1 aliphatic heterocycles. The maximum Gasteiger partial charge on any atom is 0.188 e. The van der Waals surface area contributed by atoms with Crippen LogP contribution in [0, 0.1) is 20.8 Å². The Balaban J connectivity index is 0.00000312. The van der Waals surface area contributed by atoms with E-state index in [9.17, 15) is 0 Å². The number of aryl methyl sites for hydroxylation is 3.